The van der Waals surface area contributed by atoms with E-state index in [1.807, 2.05) is 0 Å². The van der Waals surface area contributed by atoms with Crippen molar-refractivity contribution >= 4 is 6.29 Å². The molecule has 98 valence electrons. The van der Waals surface area contributed by atoms with Crippen LogP contribution in [0.2, 0.25) is 0 Å². The van der Waals surface area contributed by atoms with Gasteiger partial charge in [-0.25, -0.2) is 0 Å². The monoisotopic (exact) mass is 267 g/mol. The first-order chi connectivity index (χ1) is 8.93. The lowest BCUT2D eigenvalue weighted by atomic mass is 10.0. The number of aromatic nitrogens is 1. The standard InChI is InChI=1S/C13H8F3NO2/c14-13(15,16)10-3-1-2-8(6-10)11-9(7-18)4-5-17-12(11)19/h1-7H,(H,17,19). The van der Waals surface area contributed by atoms with Gasteiger partial charge in [-0.1, -0.05) is 12.1 Å². The Balaban J connectivity index is 2.67. The first-order valence-electron chi connectivity index (χ1n) is 5.28. The molecule has 1 heterocycles. The molecule has 2 rings (SSSR count). The van der Waals surface area contributed by atoms with Crippen molar-refractivity contribution in [2.24, 2.45) is 0 Å². The first kappa shape index (κ1) is 13.1. The molecule has 0 fully saturated rings. The van der Waals surface area contributed by atoms with Crippen LogP contribution in [0.3, 0.4) is 0 Å². The number of benzene rings is 1. The van der Waals surface area contributed by atoms with E-state index < -0.39 is 17.3 Å². The van der Waals surface area contributed by atoms with E-state index in [9.17, 15) is 22.8 Å². The molecule has 0 amide bonds. The smallest absolute Gasteiger partial charge is 0.329 e. The van der Waals surface area contributed by atoms with Gasteiger partial charge in [0, 0.05) is 11.8 Å². The van der Waals surface area contributed by atoms with Crippen LogP contribution in [-0.2, 0) is 6.18 Å². The van der Waals surface area contributed by atoms with Gasteiger partial charge in [-0.15, -0.1) is 0 Å². The molecule has 19 heavy (non-hydrogen) atoms. The molecule has 1 N–H and O–H groups in total. The van der Waals surface area contributed by atoms with Gasteiger partial charge < -0.3 is 4.98 Å². The molecule has 0 aliphatic carbocycles. The molecule has 0 radical (unpaired) electrons. The van der Waals surface area contributed by atoms with Gasteiger partial charge >= 0.3 is 6.18 Å². The molecule has 0 spiro atoms. The SMILES string of the molecule is O=Cc1cc[nH]c(=O)c1-c1cccc(C(F)(F)F)c1. The second-order valence-corrected chi connectivity index (χ2v) is 3.83. The van der Waals surface area contributed by atoms with Crippen molar-refractivity contribution in [1.82, 2.24) is 4.98 Å². The van der Waals surface area contributed by atoms with Gasteiger partial charge in [-0.3, -0.25) is 9.59 Å². The number of H-pyrrole nitrogens is 1. The zero-order valence-corrected chi connectivity index (χ0v) is 9.49. The molecule has 3 nitrogen and oxygen atoms in total. The summed E-state index contributed by atoms with van der Waals surface area (Å²) in [5.74, 6) is 0. The lowest BCUT2D eigenvalue weighted by Gasteiger charge is -2.09. The number of alkyl halides is 3. The highest BCUT2D eigenvalue weighted by molar-refractivity contribution is 5.87. The number of halogens is 3. The molecule has 0 saturated carbocycles. The average molecular weight is 267 g/mol. The summed E-state index contributed by atoms with van der Waals surface area (Å²) in [5, 5.41) is 0. The van der Waals surface area contributed by atoms with E-state index in [-0.39, 0.29) is 16.7 Å². The van der Waals surface area contributed by atoms with Crippen LogP contribution in [0.1, 0.15) is 15.9 Å². The minimum Gasteiger partial charge on any atom is -0.329 e. The fraction of sp³-hybridized carbons (Fsp3) is 0.0769. The summed E-state index contributed by atoms with van der Waals surface area (Å²) in [5.41, 5.74) is -1.44. The molecular weight excluding hydrogens is 259 g/mol. The Labute approximate surface area is 105 Å². The van der Waals surface area contributed by atoms with Crippen molar-refractivity contribution < 1.29 is 18.0 Å². The maximum Gasteiger partial charge on any atom is 0.416 e. The number of pyridine rings is 1. The molecule has 6 heteroatoms. The number of nitrogens with one attached hydrogen (secondary N) is 1. The van der Waals surface area contributed by atoms with Gasteiger partial charge in [0.1, 0.15) is 0 Å². The van der Waals surface area contributed by atoms with Crippen LogP contribution in [0, 0.1) is 0 Å². The summed E-state index contributed by atoms with van der Waals surface area (Å²) in [6.07, 6.45) is -2.80. The summed E-state index contributed by atoms with van der Waals surface area (Å²) < 4.78 is 37.8. The highest BCUT2D eigenvalue weighted by atomic mass is 19.4. The number of carbonyl (C=O) groups excluding carboxylic acids is 1. The fourth-order valence-corrected chi connectivity index (χ4v) is 1.74. The van der Waals surface area contributed by atoms with Crippen molar-refractivity contribution in [3.8, 4) is 11.1 Å². The first-order valence-corrected chi connectivity index (χ1v) is 5.28. The lowest BCUT2D eigenvalue weighted by molar-refractivity contribution is -0.137. The summed E-state index contributed by atoms with van der Waals surface area (Å²) in [6.45, 7) is 0. The predicted molar refractivity (Wildman–Crippen MR) is 62.9 cm³/mol. The number of hydrogen-bond acceptors (Lipinski definition) is 2. The molecule has 0 atom stereocenters. The summed E-state index contributed by atoms with van der Waals surface area (Å²) in [7, 11) is 0. The van der Waals surface area contributed by atoms with Crippen LogP contribution in [0.25, 0.3) is 11.1 Å². The highest BCUT2D eigenvalue weighted by Crippen LogP contribution is 2.31. The topological polar surface area (TPSA) is 49.9 Å². The van der Waals surface area contributed by atoms with E-state index in [4.69, 9.17) is 0 Å². The van der Waals surface area contributed by atoms with E-state index >= 15 is 0 Å². The Bertz CT molecular complexity index is 674. The number of aromatic amines is 1. The van der Waals surface area contributed by atoms with Crippen LogP contribution in [0.5, 0.6) is 0 Å². The van der Waals surface area contributed by atoms with Crippen LogP contribution < -0.4 is 5.56 Å². The molecule has 0 aliphatic rings. The minimum absolute atomic E-state index is 0.0445. The molecule has 0 saturated heterocycles. The van der Waals surface area contributed by atoms with Crippen molar-refractivity contribution in [3.63, 3.8) is 0 Å². The van der Waals surface area contributed by atoms with E-state index in [0.717, 1.165) is 12.1 Å². The number of rotatable bonds is 2. The Hall–Kier alpha value is -2.37. The minimum atomic E-state index is -4.50. The van der Waals surface area contributed by atoms with Crippen LogP contribution >= 0.6 is 0 Å². The normalized spacial score (nSPS) is 11.3. The second kappa shape index (κ2) is 4.72. The van der Waals surface area contributed by atoms with Crippen molar-refractivity contribution in [2.45, 2.75) is 6.18 Å². The van der Waals surface area contributed by atoms with Gasteiger partial charge in [0.05, 0.1) is 11.1 Å². The summed E-state index contributed by atoms with van der Waals surface area (Å²) in [4.78, 5) is 24.9. The Kier molecular flexibility index (Phi) is 3.25. The molecule has 0 unspecified atom stereocenters. The lowest BCUT2D eigenvalue weighted by Crippen LogP contribution is -2.12. The molecule has 1 aromatic heterocycles. The average Bonchev–Trinajstić information content (AvgIpc) is 2.37. The second-order valence-electron chi connectivity index (χ2n) is 3.83. The largest absolute Gasteiger partial charge is 0.416 e. The molecular formula is C13H8F3NO2. The predicted octanol–water partition coefficient (Wildman–Crippen LogP) is 2.87. The fourth-order valence-electron chi connectivity index (χ4n) is 1.74. The number of hydrogen-bond donors (Lipinski definition) is 1. The zero-order valence-electron chi connectivity index (χ0n) is 9.49. The van der Waals surface area contributed by atoms with Gasteiger partial charge in [-0.05, 0) is 23.8 Å². The molecule has 0 bridgehead atoms. The number of carbonyl (C=O) groups is 1. The maximum absolute atomic E-state index is 12.6. The van der Waals surface area contributed by atoms with Crippen LogP contribution in [-0.4, -0.2) is 11.3 Å². The van der Waals surface area contributed by atoms with Crippen LogP contribution in [0.4, 0.5) is 13.2 Å². The maximum atomic E-state index is 12.6. The third-order valence-corrected chi connectivity index (χ3v) is 2.60. The van der Waals surface area contributed by atoms with E-state index in [1.54, 1.807) is 0 Å². The molecule has 1 aromatic carbocycles. The zero-order chi connectivity index (χ0) is 14.0. The van der Waals surface area contributed by atoms with Crippen molar-refractivity contribution in [2.75, 3.05) is 0 Å². The van der Waals surface area contributed by atoms with Gasteiger partial charge in [0.15, 0.2) is 6.29 Å². The van der Waals surface area contributed by atoms with Gasteiger partial charge in [-0.2, -0.15) is 13.2 Å². The van der Waals surface area contributed by atoms with Crippen molar-refractivity contribution in [1.29, 1.82) is 0 Å². The van der Waals surface area contributed by atoms with Crippen molar-refractivity contribution in [3.05, 3.63) is 58.0 Å². The third kappa shape index (κ3) is 2.57. The quantitative estimate of drug-likeness (QED) is 0.850. The summed E-state index contributed by atoms with van der Waals surface area (Å²) >= 11 is 0. The Morgan fingerprint density at radius 2 is 1.89 bits per heavy atom. The van der Waals surface area contributed by atoms with Crippen LogP contribution in [0.15, 0.2) is 41.3 Å². The van der Waals surface area contributed by atoms with E-state index in [2.05, 4.69) is 4.98 Å². The summed E-state index contributed by atoms with van der Waals surface area (Å²) in [6, 6.07) is 5.63. The Morgan fingerprint density at radius 3 is 2.53 bits per heavy atom. The van der Waals surface area contributed by atoms with Gasteiger partial charge in [0.2, 0.25) is 0 Å². The van der Waals surface area contributed by atoms with E-state index in [0.29, 0.717) is 6.29 Å². The third-order valence-electron chi connectivity index (χ3n) is 2.60. The number of aldehydes is 1. The molecule has 0 aliphatic heterocycles. The van der Waals surface area contributed by atoms with Gasteiger partial charge in [0.25, 0.3) is 5.56 Å². The highest BCUT2D eigenvalue weighted by Gasteiger charge is 2.30. The van der Waals surface area contributed by atoms with E-state index in [1.165, 1.54) is 24.4 Å². The Morgan fingerprint density at radius 1 is 1.16 bits per heavy atom. The molecule has 2 aromatic rings.